The summed E-state index contributed by atoms with van der Waals surface area (Å²) in [4.78, 5) is 1.05. The van der Waals surface area contributed by atoms with Crippen molar-refractivity contribution in [2.45, 2.75) is 48.8 Å². The van der Waals surface area contributed by atoms with Crippen molar-refractivity contribution in [2.24, 2.45) is 0 Å². The minimum Gasteiger partial charge on any atom is -0.507 e. The first kappa shape index (κ1) is 20.6. The topological polar surface area (TPSA) is 29.5 Å². The number of hydrogen-bond acceptors (Lipinski definition) is 3. The fourth-order valence-electron chi connectivity index (χ4n) is 5.43. The normalized spacial score (nSPS) is 15.5. The fourth-order valence-corrected chi connectivity index (χ4v) is 6.20. The van der Waals surface area contributed by atoms with Gasteiger partial charge in [0.2, 0.25) is 0 Å². The molecule has 0 spiro atoms. The number of ether oxygens (including phenoxy) is 1. The van der Waals surface area contributed by atoms with Gasteiger partial charge in [0.25, 0.3) is 0 Å². The average molecular weight is 441 g/mol. The summed E-state index contributed by atoms with van der Waals surface area (Å²) in [6.45, 7) is -0.668. The molecule has 0 unspecified atom stereocenters. The second kappa shape index (κ2) is 8.34. The van der Waals surface area contributed by atoms with Crippen LogP contribution in [0.4, 0.5) is 8.78 Å². The first-order valence-corrected chi connectivity index (χ1v) is 12.0. The lowest BCUT2D eigenvalue weighted by Crippen LogP contribution is -2.25. The van der Waals surface area contributed by atoms with Crippen molar-refractivity contribution >= 4 is 22.5 Å². The van der Waals surface area contributed by atoms with Crippen LogP contribution in [0.2, 0.25) is 0 Å². The molecule has 1 heterocycles. The summed E-state index contributed by atoms with van der Waals surface area (Å²) in [6.07, 6.45) is 4.11. The zero-order valence-electron chi connectivity index (χ0n) is 17.4. The molecule has 3 aromatic rings. The molecule has 0 bridgehead atoms. The monoisotopic (exact) mass is 440 g/mol. The van der Waals surface area contributed by atoms with Gasteiger partial charge in [-0.05, 0) is 84.4 Å². The molecule has 5 rings (SSSR count). The molecule has 1 aliphatic heterocycles. The van der Waals surface area contributed by atoms with Crippen LogP contribution in [-0.4, -0.2) is 24.4 Å². The number of unbranched alkanes of at least 4 members (excludes halogenated alkanes) is 2. The van der Waals surface area contributed by atoms with Gasteiger partial charge in [-0.3, -0.25) is 8.78 Å². The summed E-state index contributed by atoms with van der Waals surface area (Å²) in [5, 5.41) is 12.9. The molecule has 31 heavy (non-hydrogen) atoms. The Labute approximate surface area is 185 Å². The molecule has 0 saturated carbocycles. The molecule has 1 aliphatic carbocycles. The zero-order chi connectivity index (χ0) is 21.4. The summed E-state index contributed by atoms with van der Waals surface area (Å²) >= 11 is 1.63. The van der Waals surface area contributed by atoms with Crippen LogP contribution in [0.5, 0.6) is 11.5 Å². The van der Waals surface area contributed by atoms with Gasteiger partial charge in [0.15, 0.2) is 0 Å². The quantitative estimate of drug-likeness (QED) is 0.367. The Bertz CT molecular complexity index is 1120. The number of halogens is 2. The molecule has 0 atom stereocenters. The molecule has 1 N–H and O–H groups in total. The van der Waals surface area contributed by atoms with Crippen LogP contribution in [0.1, 0.15) is 49.7 Å². The molecule has 2 nitrogen and oxygen atoms in total. The Morgan fingerprint density at radius 1 is 0.903 bits per heavy atom. The Balaban J connectivity index is 1.76. The van der Waals surface area contributed by atoms with Crippen LogP contribution in [0, 0.1) is 0 Å². The highest BCUT2D eigenvalue weighted by molar-refractivity contribution is 7.99. The first-order valence-electron chi connectivity index (χ1n) is 11.0. The third kappa shape index (κ3) is 3.29. The number of phenols is 1. The van der Waals surface area contributed by atoms with Crippen LogP contribution in [0.15, 0.2) is 47.4 Å². The lowest BCUT2D eigenvalue weighted by Gasteiger charge is -2.33. The average Bonchev–Trinajstić information content (AvgIpc) is 3.34. The fraction of sp³-hybridized carbons (Fsp3) is 0.385. The summed E-state index contributed by atoms with van der Waals surface area (Å²) in [7, 11) is 0. The summed E-state index contributed by atoms with van der Waals surface area (Å²) in [5.74, 6) is 1.70. The second-order valence-corrected chi connectivity index (χ2v) is 9.45. The predicted octanol–water partition coefficient (Wildman–Crippen LogP) is 7.53. The maximum Gasteiger partial charge on any atom is 0.138 e. The predicted molar refractivity (Wildman–Crippen MR) is 123 cm³/mol. The molecular formula is C26H26F2O2S. The summed E-state index contributed by atoms with van der Waals surface area (Å²) < 4.78 is 31.8. The third-order valence-electron chi connectivity index (χ3n) is 6.81. The van der Waals surface area contributed by atoms with E-state index < -0.39 is 0 Å². The van der Waals surface area contributed by atoms with E-state index in [1.54, 1.807) is 11.8 Å². The van der Waals surface area contributed by atoms with Crippen molar-refractivity contribution in [3.63, 3.8) is 0 Å². The highest BCUT2D eigenvalue weighted by atomic mass is 32.2. The van der Waals surface area contributed by atoms with E-state index in [2.05, 4.69) is 18.2 Å². The smallest absolute Gasteiger partial charge is 0.138 e. The zero-order valence-corrected chi connectivity index (χ0v) is 18.2. The van der Waals surface area contributed by atoms with Gasteiger partial charge in [0, 0.05) is 10.8 Å². The number of alkyl halides is 2. The van der Waals surface area contributed by atoms with Crippen molar-refractivity contribution in [3.05, 3.63) is 53.6 Å². The molecule has 0 radical (unpaired) electrons. The number of aromatic hydroxyl groups is 1. The summed E-state index contributed by atoms with van der Waals surface area (Å²) in [6, 6.07) is 14.4. The molecule has 0 fully saturated rings. The van der Waals surface area contributed by atoms with E-state index in [4.69, 9.17) is 4.74 Å². The molecular weight excluding hydrogens is 414 g/mol. The highest BCUT2D eigenvalue weighted by Crippen LogP contribution is 2.58. The van der Waals surface area contributed by atoms with Crippen molar-refractivity contribution in [1.82, 2.24) is 0 Å². The van der Waals surface area contributed by atoms with Gasteiger partial charge in [-0.15, -0.1) is 0 Å². The van der Waals surface area contributed by atoms with Crippen LogP contribution < -0.4 is 4.74 Å². The molecule has 0 amide bonds. The van der Waals surface area contributed by atoms with E-state index in [9.17, 15) is 13.9 Å². The van der Waals surface area contributed by atoms with E-state index in [1.807, 2.05) is 24.3 Å². The van der Waals surface area contributed by atoms with E-state index in [-0.39, 0.29) is 24.5 Å². The number of phenolic OH excluding ortho intramolecular Hbond substituents is 1. The number of thioether (sulfide) groups is 1. The van der Waals surface area contributed by atoms with Crippen molar-refractivity contribution in [2.75, 3.05) is 19.3 Å². The highest BCUT2D eigenvalue weighted by Gasteiger charge is 2.43. The van der Waals surface area contributed by atoms with Crippen molar-refractivity contribution < 1.29 is 18.6 Å². The van der Waals surface area contributed by atoms with Crippen LogP contribution in [0.3, 0.4) is 0 Å². The number of rotatable bonds is 8. The number of benzene rings is 3. The van der Waals surface area contributed by atoms with Crippen LogP contribution >= 0.6 is 11.8 Å². The molecule has 2 aliphatic rings. The van der Waals surface area contributed by atoms with Gasteiger partial charge in [0.05, 0.1) is 18.2 Å². The van der Waals surface area contributed by atoms with Crippen molar-refractivity contribution in [1.29, 1.82) is 0 Å². The Morgan fingerprint density at radius 2 is 1.65 bits per heavy atom. The third-order valence-corrected chi connectivity index (χ3v) is 7.68. The van der Waals surface area contributed by atoms with E-state index >= 15 is 0 Å². The lowest BCUT2D eigenvalue weighted by molar-refractivity contribution is 0.368. The number of hydrogen-bond donors (Lipinski definition) is 1. The lowest BCUT2D eigenvalue weighted by atomic mass is 9.70. The summed E-state index contributed by atoms with van der Waals surface area (Å²) in [5.41, 5.74) is 4.25. The second-order valence-electron chi connectivity index (χ2n) is 8.49. The van der Waals surface area contributed by atoms with Gasteiger partial charge >= 0.3 is 0 Å². The van der Waals surface area contributed by atoms with Gasteiger partial charge in [-0.2, -0.15) is 0 Å². The first-order chi connectivity index (χ1) is 15.2. The van der Waals surface area contributed by atoms with Gasteiger partial charge < -0.3 is 9.84 Å². The molecule has 5 heteroatoms. The van der Waals surface area contributed by atoms with Gasteiger partial charge in [0.1, 0.15) is 17.4 Å². The minimum atomic E-state index is -0.337. The van der Waals surface area contributed by atoms with Crippen LogP contribution in [-0.2, 0) is 5.41 Å². The van der Waals surface area contributed by atoms with Crippen LogP contribution in [0.25, 0.3) is 21.9 Å². The maximum atomic E-state index is 13.0. The largest absolute Gasteiger partial charge is 0.507 e. The Hall–Kier alpha value is -2.27. The van der Waals surface area contributed by atoms with E-state index in [1.165, 1.54) is 5.56 Å². The van der Waals surface area contributed by atoms with E-state index in [0.29, 0.717) is 18.8 Å². The number of fused-ring (bicyclic) bond motifs is 6. The molecule has 3 aromatic carbocycles. The molecule has 0 saturated heterocycles. The standard InChI is InChI=1S/C26H26F2O2S/c27-11-5-3-9-26(10-4-6-12-28)20-8-2-1-7-17(20)25-19-13-23-24(31-16-30-23)14-18(19)22(29)15-21(25)26/h1-2,7-8,13-15,29H,3-6,9-12,16H2. The Morgan fingerprint density at radius 3 is 2.39 bits per heavy atom. The van der Waals surface area contributed by atoms with E-state index in [0.717, 1.165) is 63.8 Å². The van der Waals surface area contributed by atoms with Crippen molar-refractivity contribution in [3.8, 4) is 22.6 Å². The SMILES string of the molecule is Oc1cc2c(c3cc4c(cc13)SCO4)-c1ccccc1C2(CCCCF)CCCCF. The van der Waals surface area contributed by atoms with Gasteiger partial charge in [-0.1, -0.05) is 36.0 Å². The maximum absolute atomic E-state index is 13.0. The molecule has 162 valence electrons. The minimum absolute atomic E-state index is 0.261. The van der Waals surface area contributed by atoms with Gasteiger partial charge in [-0.25, -0.2) is 0 Å². The molecule has 0 aromatic heterocycles. The Kier molecular flexibility index (Phi) is 5.55.